The van der Waals surface area contributed by atoms with Gasteiger partial charge in [-0.05, 0) is 32.5 Å². The molecular formula is C15H20N2S2. The van der Waals surface area contributed by atoms with Crippen LogP contribution in [-0.4, -0.2) is 11.5 Å². The van der Waals surface area contributed by atoms with E-state index in [1.54, 1.807) is 11.3 Å². The van der Waals surface area contributed by atoms with E-state index in [0.29, 0.717) is 6.04 Å². The minimum absolute atomic E-state index is 0.347. The summed E-state index contributed by atoms with van der Waals surface area (Å²) in [6.45, 7) is 7.38. The molecule has 4 heteroatoms. The van der Waals surface area contributed by atoms with Gasteiger partial charge in [-0.2, -0.15) is 0 Å². The van der Waals surface area contributed by atoms with Gasteiger partial charge in [0.05, 0.1) is 11.4 Å². The summed E-state index contributed by atoms with van der Waals surface area (Å²) < 4.78 is 0. The number of thiazole rings is 1. The fourth-order valence-electron chi connectivity index (χ4n) is 1.78. The van der Waals surface area contributed by atoms with Crippen LogP contribution in [-0.2, 0) is 5.75 Å². The van der Waals surface area contributed by atoms with Crippen molar-refractivity contribution in [2.45, 2.75) is 37.5 Å². The van der Waals surface area contributed by atoms with E-state index in [4.69, 9.17) is 4.98 Å². The minimum Gasteiger partial charge on any atom is -0.309 e. The molecule has 2 rings (SSSR count). The normalized spacial score (nSPS) is 12.6. The Kier molecular flexibility index (Phi) is 5.43. The number of thioether (sulfide) groups is 1. The summed E-state index contributed by atoms with van der Waals surface area (Å²) in [6.07, 6.45) is 0. The van der Waals surface area contributed by atoms with Gasteiger partial charge in [-0.15, -0.1) is 23.1 Å². The van der Waals surface area contributed by atoms with Crippen LogP contribution in [0.4, 0.5) is 0 Å². The molecule has 0 aliphatic carbocycles. The number of aromatic nitrogens is 1. The molecule has 1 atom stereocenters. The molecule has 0 fully saturated rings. The van der Waals surface area contributed by atoms with Crippen molar-refractivity contribution in [1.29, 1.82) is 0 Å². The first kappa shape index (κ1) is 14.6. The lowest BCUT2D eigenvalue weighted by Crippen LogP contribution is -2.17. The second kappa shape index (κ2) is 7.08. The van der Waals surface area contributed by atoms with Gasteiger partial charge in [0.25, 0.3) is 0 Å². The van der Waals surface area contributed by atoms with Crippen molar-refractivity contribution in [2.75, 3.05) is 6.54 Å². The van der Waals surface area contributed by atoms with Gasteiger partial charge >= 0.3 is 0 Å². The summed E-state index contributed by atoms with van der Waals surface area (Å²) in [5.41, 5.74) is 2.46. The molecule has 1 N–H and O–H groups in total. The number of rotatable bonds is 6. The summed E-state index contributed by atoms with van der Waals surface area (Å²) >= 11 is 3.60. The third-order valence-corrected chi connectivity index (χ3v) is 4.98. The Hall–Kier alpha value is -0.840. The smallest absolute Gasteiger partial charge is 0.103 e. The van der Waals surface area contributed by atoms with Crippen molar-refractivity contribution >= 4 is 23.1 Å². The molecule has 0 saturated heterocycles. The van der Waals surface area contributed by atoms with E-state index in [9.17, 15) is 0 Å². The largest absolute Gasteiger partial charge is 0.309 e. The minimum atomic E-state index is 0.347. The molecule has 0 spiro atoms. The summed E-state index contributed by atoms with van der Waals surface area (Å²) in [6, 6.07) is 9.01. The second-order valence-corrected chi connectivity index (χ2v) is 6.54. The van der Waals surface area contributed by atoms with Gasteiger partial charge in [-0.25, -0.2) is 4.98 Å². The van der Waals surface area contributed by atoms with Crippen molar-refractivity contribution in [1.82, 2.24) is 10.3 Å². The number of nitrogens with one attached hydrogen (secondary N) is 1. The first-order valence-corrected chi connectivity index (χ1v) is 8.42. The van der Waals surface area contributed by atoms with Gasteiger partial charge in [-0.1, -0.05) is 24.6 Å². The number of hydrogen-bond acceptors (Lipinski definition) is 4. The van der Waals surface area contributed by atoms with Crippen LogP contribution < -0.4 is 5.32 Å². The lowest BCUT2D eigenvalue weighted by atomic mass is 10.2. The standard InChI is InChI=1S/C15H20N2S2/c1-4-16-12(3)14-9-19-15(17-14)10-18-13-7-5-11(2)6-8-13/h5-9,12,16H,4,10H2,1-3H3. The van der Waals surface area contributed by atoms with Crippen LogP contribution >= 0.6 is 23.1 Å². The molecule has 1 unspecified atom stereocenters. The fourth-order valence-corrected chi connectivity index (χ4v) is 3.58. The highest BCUT2D eigenvalue weighted by Gasteiger charge is 2.08. The third kappa shape index (κ3) is 4.34. The summed E-state index contributed by atoms with van der Waals surface area (Å²) in [7, 11) is 0. The average Bonchev–Trinajstić information content (AvgIpc) is 2.87. The zero-order valence-electron chi connectivity index (χ0n) is 11.6. The molecule has 0 saturated carbocycles. The quantitative estimate of drug-likeness (QED) is 0.798. The highest BCUT2D eigenvalue weighted by Crippen LogP contribution is 2.26. The molecular weight excluding hydrogens is 272 g/mol. The molecule has 1 heterocycles. The monoisotopic (exact) mass is 292 g/mol. The molecule has 2 nitrogen and oxygen atoms in total. The molecule has 2 aromatic rings. The summed E-state index contributed by atoms with van der Waals surface area (Å²) in [5.74, 6) is 0.951. The summed E-state index contributed by atoms with van der Waals surface area (Å²) in [5, 5.41) is 6.76. The Morgan fingerprint density at radius 2 is 2.05 bits per heavy atom. The number of nitrogens with zero attached hydrogens (tertiary/aromatic N) is 1. The molecule has 0 amide bonds. The molecule has 102 valence electrons. The maximum Gasteiger partial charge on any atom is 0.103 e. The van der Waals surface area contributed by atoms with Crippen LogP contribution in [0.5, 0.6) is 0 Å². The Labute approximate surface area is 123 Å². The highest BCUT2D eigenvalue weighted by molar-refractivity contribution is 7.98. The maximum absolute atomic E-state index is 4.70. The first-order chi connectivity index (χ1) is 9.19. The van der Waals surface area contributed by atoms with E-state index < -0.39 is 0 Å². The lowest BCUT2D eigenvalue weighted by Gasteiger charge is -2.08. The molecule has 0 aliphatic rings. The van der Waals surface area contributed by atoms with Crippen molar-refractivity contribution < 1.29 is 0 Å². The first-order valence-electron chi connectivity index (χ1n) is 6.56. The van der Waals surface area contributed by atoms with Crippen LogP contribution in [0.1, 0.15) is 36.2 Å². The van der Waals surface area contributed by atoms with Crippen molar-refractivity contribution in [2.24, 2.45) is 0 Å². The lowest BCUT2D eigenvalue weighted by molar-refractivity contribution is 0.585. The van der Waals surface area contributed by atoms with Gasteiger partial charge < -0.3 is 5.32 Å². The van der Waals surface area contributed by atoms with Crippen molar-refractivity contribution in [3.63, 3.8) is 0 Å². The fraction of sp³-hybridized carbons (Fsp3) is 0.400. The average molecular weight is 292 g/mol. The second-order valence-electron chi connectivity index (χ2n) is 4.55. The predicted molar refractivity (Wildman–Crippen MR) is 84.9 cm³/mol. The summed E-state index contributed by atoms with van der Waals surface area (Å²) in [4.78, 5) is 6.00. The van der Waals surface area contributed by atoms with Gasteiger partial charge in [0.1, 0.15) is 5.01 Å². The Balaban J connectivity index is 1.91. The van der Waals surface area contributed by atoms with Crippen molar-refractivity contribution in [3.05, 3.63) is 45.9 Å². The van der Waals surface area contributed by atoms with E-state index in [0.717, 1.165) is 18.0 Å². The predicted octanol–water partition coefficient (Wildman–Crippen LogP) is 4.41. The molecule has 19 heavy (non-hydrogen) atoms. The van der Waals surface area contributed by atoms with Crippen LogP contribution in [0.15, 0.2) is 34.5 Å². The van der Waals surface area contributed by atoms with Gasteiger partial charge in [0.2, 0.25) is 0 Å². The SMILES string of the molecule is CCNC(C)c1csc(CSc2ccc(C)cc2)n1. The van der Waals surface area contributed by atoms with Gasteiger partial charge in [0, 0.05) is 16.3 Å². The number of aryl methyl sites for hydroxylation is 1. The molecule has 0 bridgehead atoms. The Morgan fingerprint density at radius 3 is 2.74 bits per heavy atom. The van der Waals surface area contributed by atoms with E-state index in [-0.39, 0.29) is 0 Å². The zero-order chi connectivity index (χ0) is 13.7. The van der Waals surface area contributed by atoms with Crippen LogP contribution in [0.3, 0.4) is 0 Å². The zero-order valence-corrected chi connectivity index (χ0v) is 13.3. The highest BCUT2D eigenvalue weighted by atomic mass is 32.2. The number of hydrogen-bond donors (Lipinski definition) is 1. The van der Waals surface area contributed by atoms with E-state index in [1.165, 1.54) is 15.5 Å². The third-order valence-electron chi connectivity index (χ3n) is 2.91. The molecule has 0 radical (unpaired) electrons. The van der Waals surface area contributed by atoms with Crippen LogP contribution in [0.2, 0.25) is 0 Å². The van der Waals surface area contributed by atoms with Crippen LogP contribution in [0, 0.1) is 6.92 Å². The van der Waals surface area contributed by atoms with E-state index in [1.807, 2.05) is 11.8 Å². The maximum atomic E-state index is 4.70. The molecule has 1 aromatic heterocycles. The number of benzene rings is 1. The Bertz CT molecular complexity index is 505. The van der Waals surface area contributed by atoms with Gasteiger partial charge in [-0.3, -0.25) is 0 Å². The van der Waals surface area contributed by atoms with Crippen molar-refractivity contribution in [3.8, 4) is 0 Å². The topological polar surface area (TPSA) is 24.9 Å². The Morgan fingerprint density at radius 1 is 1.32 bits per heavy atom. The van der Waals surface area contributed by atoms with E-state index in [2.05, 4.69) is 55.7 Å². The molecule has 0 aliphatic heterocycles. The molecule has 1 aromatic carbocycles. The van der Waals surface area contributed by atoms with Gasteiger partial charge in [0.15, 0.2) is 0 Å². The van der Waals surface area contributed by atoms with Crippen LogP contribution in [0.25, 0.3) is 0 Å². The van der Waals surface area contributed by atoms with E-state index >= 15 is 0 Å².